The van der Waals surface area contributed by atoms with Crippen LogP contribution < -0.4 is 0 Å². The van der Waals surface area contributed by atoms with Gasteiger partial charge in [0.1, 0.15) is 5.94 Å². The second-order valence-electron chi connectivity index (χ2n) is 4.86. The van der Waals surface area contributed by atoms with Crippen LogP contribution in [-0.4, -0.2) is 30.3 Å². The van der Waals surface area contributed by atoms with E-state index in [4.69, 9.17) is 9.31 Å². The lowest BCUT2D eigenvalue weighted by Gasteiger charge is -2.32. The van der Waals surface area contributed by atoms with Crippen LogP contribution >= 0.6 is 0 Å². The molecular formula is C11H18BNO3. The highest BCUT2D eigenvalue weighted by atomic mass is 16.7. The van der Waals surface area contributed by atoms with Gasteiger partial charge in [-0.25, -0.2) is 9.79 Å². The van der Waals surface area contributed by atoms with Crippen molar-refractivity contribution in [3.8, 4) is 0 Å². The van der Waals surface area contributed by atoms with Crippen molar-refractivity contribution in [2.45, 2.75) is 51.8 Å². The Morgan fingerprint density at radius 2 is 1.75 bits per heavy atom. The van der Waals surface area contributed by atoms with Crippen LogP contribution in [0.2, 0.25) is 0 Å². The van der Waals surface area contributed by atoms with Crippen LogP contribution in [0, 0.1) is 0 Å². The Kier molecular flexibility index (Phi) is 3.74. The number of hydrogen-bond acceptors (Lipinski definition) is 4. The van der Waals surface area contributed by atoms with Crippen LogP contribution in [0.15, 0.2) is 17.1 Å². The predicted octanol–water partition coefficient (Wildman–Crippen LogP) is 1.90. The van der Waals surface area contributed by atoms with Gasteiger partial charge in [0, 0.05) is 0 Å². The highest BCUT2D eigenvalue weighted by Gasteiger charge is 2.53. The highest BCUT2D eigenvalue weighted by Crippen LogP contribution is 2.37. The predicted molar refractivity (Wildman–Crippen MR) is 62.8 cm³/mol. The minimum Gasteiger partial charge on any atom is -0.402 e. The third-order valence-electron chi connectivity index (χ3n) is 3.14. The summed E-state index contributed by atoms with van der Waals surface area (Å²) in [5.74, 6) is -0.427. The van der Waals surface area contributed by atoms with E-state index < -0.39 is 24.3 Å². The van der Waals surface area contributed by atoms with E-state index >= 15 is 0 Å². The molecule has 0 aromatic carbocycles. The Morgan fingerprint density at radius 3 is 2.12 bits per heavy atom. The number of allylic oxidation sites excluding steroid dienone is 1. The van der Waals surface area contributed by atoms with Crippen molar-refractivity contribution in [2.24, 2.45) is 4.99 Å². The van der Waals surface area contributed by atoms with Gasteiger partial charge in [-0.2, -0.15) is 0 Å². The third-order valence-corrected chi connectivity index (χ3v) is 3.14. The fourth-order valence-corrected chi connectivity index (χ4v) is 1.48. The van der Waals surface area contributed by atoms with Crippen molar-refractivity contribution in [3.63, 3.8) is 0 Å². The molecule has 1 rings (SSSR count). The van der Waals surface area contributed by atoms with Gasteiger partial charge < -0.3 is 9.31 Å². The van der Waals surface area contributed by atoms with Crippen molar-refractivity contribution >= 4 is 13.2 Å². The second-order valence-corrected chi connectivity index (χ2v) is 4.86. The van der Waals surface area contributed by atoms with Gasteiger partial charge in [-0.15, -0.1) is 0 Å². The average molecular weight is 223 g/mol. The molecule has 0 radical (unpaired) electrons. The molecule has 1 atom stereocenters. The number of rotatable bonds is 3. The van der Waals surface area contributed by atoms with E-state index in [1.54, 1.807) is 12.2 Å². The monoisotopic (exact) mass is 223 g/mol. The molecule has 88 valence electrons. The first-order valence-corrected chi connectivity index (χ1v) is 5.39. The van der Waals surface area contributed by atoms with Gasteiger partial charge in [-0.3, -0.25) is 0 Å². The Bertz CT molecular complexity index is 316. The van der Waals surface area contributed by atoms with Gasteiger partial charge in [0.05, 0.1) is 11.2 Å². The summed E-state index contributed by atoms with van der Waals surface area (Å²) in [6.45, 7) is 9.71. The summed E-state index contributed by atoms with van der Waals surface area (Å²) < 4.78 is 11.6. The fraction of sp³-hybridized carbons (Fsp3) is 0.727. The molecule has 16 heavy (non-hydrogen) atoms. The Morgan fingerprint density at radius 1 is 1.25 bits per heavy atom. The van der Waals surface area contributed by atoms with Crippen molar-refractivity contribution in [1.29, 1.82) is 0 Å². The van der Waals surface area contributed by atoms with E-state index in [1.165, 1.54) is 0 Å². The quantitative estimate of drug-likeness (QED) is 0.317. The number of hydrogen-bond donors (Lipinski definition) is 0. The van der Waals surface area contributed by atoms with Crippen LogP contribution in [0.25, 0.3) is 0 Å². The standard InChI is InChI=1S/C11H18BNO3/c1-6-7-9(13-8-14)12-15-10(2,3)11(4,5)16-12/h6-7,9H,1-5H3/b7-6+. The van der Waals surface area contributed by atoms with Crippen molar-refractivity contribution in [2.75, 3.05) is 0 Å². The van der Waals surface area contributed by atoms with Gasteiger partial charge in [-0.1, -0.05) is 12.2 Å². The minimum absolute atomic E-state index is 0.407. The van der Waals surface area contributed by atoms with Crippen LogP contribution in [-0.2, 0) is 14.1 Å². The molecule has 1 fully saturated rings. The van der Waals surface area contributed by atoms with Gasteiger partial charge >= 0.3 is 7.12 Å². The summed E-state index contributed by atoms with van der Waals surface area (Å²) in [4.78, 5) is 14.0. The largest absolute Gasteiger partial charge is 0.489 e. The maximum atomic E-state index is 10.3. The third kappa shape index (κ3) is 2.43. The second kappa shape index (κ2) is 4.54. The van der Waals surface area contributed by atoms with E-state index in [0.29, 0.717) is 0 Å². The number of aliphatic imine (C=N–C) groups is 1. The topological polar surface area (TPSA) is 47.9 Å². The molecular weight excluding hydrogens is 205 g/mol. The molecule has 0 aromatic heterocycles. The van der Waals surface area contributed by atoms with Crippen LogP contribution in [0.3, 0.4) is 0 Å². The lowest BCUT2D eigenvalue weighted by molar-refractivity contribution is 0.00578. The molecule has 5 heteroatoms. The van der Waals surface area contributed by atoms with Crippen molar-refractivity contribution in [1.82, 2.24) is 0 Å². The average Bonchev–Trinajstić information content (AvgIpc) is 2.36. The summed E-state index contributed by atoms with van der Waals surface area (Å²) >= 11 is 0. The zero-order valence-corrected chi connectivity index (χ0v) is 10.5. The number of nitrogens with zero attached hydrogens (tertiary/aromatic N) is 1. The molecule has 1 aliphatic heterocycles. The minimum atomic E-state index is -0.525. The molecule has 1 saturated heterocycles. The van der Waals surface area contributed by atoms with Crippen LogP contribution in [0.1, 0.15) is 34.6 Å². The first-order valence-electron chi connectivity index (χ1n) is 5.39. The molecule has 1 heterocycles. The van der Waals surface area contributed by atoms with E-state index in [2.05, 4.69) is 4.99 Å². The Balaban J connectivity index is 2.88. The molecule has 0 spiro atoms. The molecule has 0 saturated carbocycles. The SMILES string of the molecule is C/C=C/C(N=C=O)B1OC(C)(C)C(C)(C)O1. The van der Waals surface area contributed by atoms with Gasteiger partial charge in [0.2, 0.25) is 6.08 Å². The molecule has 0 aliphatic carbocycles. The lowest BCUT2D eigenvalue weighted by atomic mass is 9.78. The summed E-state index contributed by atoms with van der Waals surface area (Å²) in [5.41, 5.74) is -0.814. The first kappa shape index (κ1) is 13.2. The molecule has 4 nitrogen and oxygen atoms in total. The zero-order valence-electron chi connectivity index (χ0n) is 10.5. The van der Waals surface area contributed by atoms with Gasteiger partial charge in [0.15, 0.2) is 0 Å². The number of carbonyl (C=O) groups excluding carboxylic acids is 1. The maximum absolute atomic E-state index is 10.3. The van der Waals surface area contributed by atoms with Crippen molar-refractivity contribution in [3.05, 3.63) is 12.2 Å². The smallest absolute Gasteiger partial charge is 0.402 e. The molecule has 1 unspecified atom stereocenters. The molecule has 0 bridgehead atoms. The van der Waals surface area contributed by atoms with E-state index in [1.807, 2.05) is 40.7 Å². The fourth-order valence-electron chi connectivity index (χ4n) is 1.48. The van der Waals surface area contributed by atoms with Crippen LogP contribution in [0.4, 0.5) is 0 Å². The van der Waals surface area contributed by atoms with Crippen molar-refractivity contribution < 1.29 is 14.1 Å². The summed E-state index contributed by atoms with van der Waals surface area (Å²) in [6.07, 6.45) is 5.13. The molecule has 0 N–H and O–H groups in total. The Labute approximate surface area is 96.9 Å². The van der Waals surface area contributed by atoms with Gasteiger partial charge in [-0.05, 0) is 34.6 Å². The van der Waals surface area contributed by atoms with E-state index in [0.717, 1.165) is 0 Å². The Hall–Kier alpha value is -0.895. The molecule has 0 aromatic rings. The summed E-state index contributed by atoms with van der Waals surface area (Å²) in [5, 5.41) is 0. The lowest BCUT2D eigenvalue weighted by Crippen LogP contribution is -2.41. The highest BCUT2D eigenvalue weighted by molar-refractivity contribution is 6.48. The summed E-state index contributed by atoms with van der Waals surface area (Å²) in [7, 11) is -0.525. The molecule has 0 amide bonds. The van der Waals surface area contributed by atoms with Gasteiger partial charge in [0.25, 0.3) is 0 Å². The van der Waals surface area contributed by atoms with E-state index in [-0.39, 0.29) is 0 Å². The van der Waals surface area contributed by atoms with Crippen LogP contribution in [0.5, 0.6) is 0 Å². The summed E-state index contributed by atoms with van der Waals surface area (Å²) in [6, 6.07) is 0. The van der Waals surface area contributed by atoms with E-state index in [9.17, 15) is 4.79 Å². The number of isocyanates is 1. The maximum Gasteiger partial charge on any atom is 0.489 e. The zero-order chi connectivity index (χ0) is 12.4. The molecule has 1 aliphatic rings. The normalized spacial score (nSPS) is 24.4. The first-order chi connectivity index (χ1) is 7.34.